The van der Waals surface area contributed by atoms with Gasteiger partial charge in [-0.25, -0.2) is 4.79 Å². The van der Waals surface area contributed by atoms with Crippen LogP contribution in [0.4, 0.5) is 5.69 Å². The highest BCUT2D eigenvalue weighted by Crippen LogP contribution is 2.27. The van der Waals surface area contributed by atoms with E-state index in [4.69, 9.17) is 4.74 Å². The van der Waals surface area contributed by atoms with Crippen LogP contribution in [-0.2, 0) is 26.8 Å². The fourth-order valence-electron chi connectivity index (χ4n) is 2.67. The first-order chi connectivity index (χ1) is 11.6. The molecule has 24 heavy (non-hydrogen) atoms. The predicted molar refractivity (Wildman–Crippen MR) is 91.6 cm³/mol. The molecule has 0 unspecified atom stereocenters. The summed E-state index contributed by atoms with van der Waals surface area (Å²) in [6.07, 6.45) is 2.38. The van der Waals surface area contributed by atoms with Gasteiger partial charge >= 0.3 is 5.97 Å². The van der Waals surface area contributed by atoms with Crippen molar-refractivity contribution in [2.75, 3.05) is 24.3 Å². The van der Waals surface area contributed by atoms with E-state index >= 15 is 0 Å². The van der Waals surface area contributed by atoms with Crippen LogP contribution in [0.1, 0.15) is 15.9 Å². The molecule has 0 radical (unpaired) electrons. The van der Waals surface area contributed by atoms with Gasteiger partial charge in [0.15, 0.2) is 6.61 Å². The fourth-order valence-corrected chi connectivity index (χ4v) is 3.19. The zero-order chi connectivity index (χ0) is 17.1. The van der Waals surface area contributed by atoms with Crippen molar-refractivity contribution in [2.24, 2.45) is 0 Å². The molecule has 0 saturated heterocycles. The van der Waals surface area contributed by atoms with Gasteiger partial charge in [0.25, 0.3) is 5.91 Å². The summed E-state index contributed by atoms with van der Waals surface area (Å²) in [4.78, 5) is 26.6. The normalized spacial score (nSPS) is 14.1. The Morgan fingerprint density at radius 2 is 1.83 bits per heavy atom. The average molecular weight is 343 g/mol. The predicted octanol–water partition coefficient (Wildman–Crippen LogP) is 2.17. The number of hydrogen-bond donors (Lipinski definition) is 0. The Bertz CT molecular complexity index is 801. The topological polar surface area (TPSA) is 63.7 Å². The summed E-state index contributed by atoms with van der Waals surface area (Å²) in [6.45, 7) is 0.307. The van der Waals surface area contributed by atoms with Crippen molar-refractivity contribution in [3.8, 4) is 0 Å². The third-order valence-corrected chi connectivity index (χ3v) is 4.87. The first-order valence-corrected chi connectivity index (χ1v) is 9.11. The fraction of sp³-hybridized carbons (Fsp3) is 0.222. The number of amides is 1. The molecule has 2 aromatic carbocycles. The molecule has 3 rings (SSSR count). The van der Waals surface area contributed by atoms with E-state index in [-0.39, 0.29) is 12.5 Å². The van der Waals surface area contributed by atoms with E-state index in [1.165, 1.54) is 0 Å². The maximum Gasteiger partial charge on any atom is 0.338 e. The Labute approximate surface area is 142 Å². The van der Waals surface area contributed by atoms with Gasteiger partial charge in [-0.15, -0.1) is 0 Å². The van der Waals surface area contributed by atoms with E-state index < -0.39 is 16.8 Å². The van der Waals surface area contributed by atoms with Gasteiger partial charge in [-0.3, -0.25) is 9.00 Å². The zero-order valence-corrected chi connectivity index (χ0v) is 14.0. The first-order valence-electron chi connectivity index (χ1n) is 7.55. The van der Waals surface area contributed by atoms with Crippen molar-refractivity contribution in [3.05, 3.63) is 59.7 Å². The maximum atomic E-state index is 12.3. The van der Waals surface area contributed by atoms with Gasteiger partial charge in [0.2, 0.25) is 0 Å². The number of hydrogen-bond acceptors (Lipinski definition) is 4. The van der Waals surface area contributed by atoms with Crippen molar-refractivity contribution < 1.29 is 18.5 Å². The zero-order valence-electron chi connectivity index (χ0n) is 13.2. The van der Waals surface area contributed by atoms with Crippen molar-refractivity contribution in [1.82, 2.24) is 0 Å². The summed E-state index contributed by atoms with van der Waals surface area (Å²) in [5.41, 5.74) is 2.34. The summed E-state index contributed by atoms with van der Waals surface area (Å²) in [5.74, 6) is -0.802. The largest absolute Gasteiger partial charge is 0.452 e. The molecule has 0 aromatic heterocycles. The molecule has 0 spiro atoms. The van der Waals surface area contributed by atoms with Gasteiger partial charge in [0.1, 0.15) is 0 Å². The van der Waals surface area contributed by atoms with Gasteiger partial charge in [-0.05, 0) is 42.3 Å². The van der Waals surface area contributed by atoms with E-state index in [0.29, 0.717) is 17.0 Å². The number of carbonyl (C=O) groups is 2. The molecule has 1 amide bonds. The molecule has 0 aliphatic carbocycles. The lowest BCUT2D eigenvalue weighted by Crippen LogP contribution is -2.33. The Balaban J connectivity index is 1.60. The highest BCUT2D eigenvalue weighted by molar-refractivity contribution is 7.84. The number of esters is 1. The van der Waals surface area contributed by atoms with E-state index in [1.54, 1.807) is 35.4 Å². The molecule has 1 aliphatic rings. The van der Waals surface area contributed by atoms with Gasteiger partial charge in [-0.1, -0.05) is 18.2 Å². The molecule has 1 atom stereocenters. The molecule has 124 valence electrons. The monoisotopic (exact) mass is 343 g/mol. The van der Waals surface area contributed by atoms with Crippen LogP contribution in [0, 0.1) is 0 Å². The highest BCUT2D eigenvalue weighted by atomic mass is 32.2. The lowest BCUT2D eigenvalue weighted by Gasteiger charge is -2.17. The molecule has 0 saturated carbocycles. The minimum atomic E-state index is -1.10. The van der Waals surface area contributed by atoms with Crippen LogP contribution in [0.3, 0.4) is 0 Å². The summed E-state index contributed by atoms with van der Waals surface area (Å²) in [5, 5.41) is 0. The molecule has 5 nitrogen and oxygen atoms in total. The van der Waals surface area contributed by atoms with Crippen LogP contribution in [-0.4, -0.2) is 35.5 Å². The molecule has 6 heteroatoms. The van der Waals surface area contributed by atoms with Crippen molar-refractivity contribution in [2.45, 2.75) is 11.3 Å². The summed E-state index contributed by atoms with van der Waals surface area (Å²) in [7, 11) is -1.10. The van der Waals surface area contributed by atoms with E-state index in [2.05, 4.69) is 0 Å². The number of anilines is 1. The number of ether oxygens (including phenoxy) is 1. The molecular formula is C18H17NO4S. The highest BCUT2D eigenvalue weighted by Gasteiger charge is 2.25. The Kier molecular flexibility index (Phi) is 4.76. The van der Waals surface area contributed by atoms with Gasteiger partial charge in [0, 0.05) is 34.2 Å². The molecule has 0 fully saturated rings. The second-order valence-corrected chi connectivity index (χ2v) is 6.86. The lowest BCUT2D eigenvalue weighted by atomic mass is 10.2. The third kappa shape index (κ3) is 3.38. The molecule has 2 aromatic rings. The van der Waals surface area contributed by atoms with Crippen LogP contribution >= 0.6 is 0 Å². The van der Waals surface area contributed by atoms with Crippen molar-refractivity contribution in [3.63, 3.8) is 0 Å². The third-order valence-electron chi connectivity index (χ3n) is 3.94. The SMILES string of the molecule is C[S@@](=O)c1ccc(C(=O)OCC(=O)N2CCc3ccccc32)cc1. The summed E-state index contributed by atoms with van der Waals surface area (Å²) >= 11 is 0. The number of para-hydroxylation sites is 1. The first kappa shape index (κ1) is 16.4. The summed E-state index contributed by atoms with van der Waals surface area (Å²) < 4.78 is 16.4. The number of benzene rings is 2. The van der Waals surface area contributed by atoms with Crippen molar-refractivity contribution >= 4 is 28.4 Å². The number of carbonyl (C=O) groups excluding carboxylic acids is 2. The standard InChI is InChI=1S/C18H17NO4S/c1-24(22)15-8-6-14(7-9-15)18(21)23-12-17(20)19-11-10-13-4-2-3-5-16(13)19/h2-9H,10-12H2,1H3/t24-/m1/s1. The van der Waals surface area contributed by atoms with E-state index in [1.807, 2.05) is 24.3 Å². The van der Waals surface area contributed by atoms with Gasteiger partial charge in [-0.2, -0.15) is 0 Å². The molecular weight excluding hydrogens is 326 g/mol. The smallest absolute Gasteiger partial charge is 0.338 e. The maximum absolute atomic E-state index is 12.3. The van der Waals surface area contributed by atoms with E-state index in [0.717, 1.165) is 17.7 Å². The second kappa shape index (κ2) is 6.97. The van der Waals surface area contributed by atoms with Gasteiger partial charge < -0.3 is 9.64 Å². The molecule has 1 aliphatic heterocycles. The number of rotatable bonds is 4. The lowest BCUT2D eigenvalue weighted by molar-refractivity contribution is -0.121. The molecule has 1 heterocycles. The number of fused-ring (bicyclic) bond motifs is 1. The minimum absolute atomic E-state index is 0.236. The molecule has 0 bridgehead atoms. The summed E-state index contributed by atoms with van der Waals surface area (Å²) in [6, 6.07) is 14.1. The molecule has 0 N–H and O–H groups in total. The average Bonchev–Trinajstić information content (AvgIpc) is 3.03. The van der Waals surface area contributed by atoms with Crippen LogP contribution in [0.25, 0.3) is 0 Å². The Hall–Kier alpha value is -2.47. The van der Waals surface area contributed by atoms with Crippen molar-refractivity contribution in [1.29, 1.82) is 0 Å². The quantitative estimate of drug-likeness (QED) is 0.798. The van der Waals surface area contributed by atoms with Crippen LogP contribution in [0.2, 0.25) is 0 Å². The van der Waals surface area contributed by atoms with Crippen LogP contribution < -0.4 is 4.90 Å². The van der Waals surface area contributed by atoms with Crippen LogP contribution in [0.5, 0.6) is 0 Å². The Morgan fingerprint density at radius 3 is 2.54 bits per heavy atom. The van der Waals surface area contributed by atoms with Crippen LogP contribution in [0.15, 0.2) is 53.4 Å². The van der Waals surface area contributed by atoms with E-state index in [9.17, 15) is 13.8 Å². The number of nitrogens with zero attached hydrogens (tertiary/aromatic N) is 1. The Morgan fingerprint density at radius 1 is 1.12 bits per heavy atom. The van der Waals surface area contributed by atoms with Gasteiger partial charge in [0.05, 0.1) is 5.56 Å². The minimum Gasteiger partial charge on any atom is -0.452 e. The second-order valence-electron chi connectivity index (χ2n) is 5.48.